The monoisotopic (exact) mass is 383 g/mol. The molecule has 0 aromatic heterocycles. The number of ether oxygens (including phenoxy) is 1. The third-order valence-corrected chi connectivity index (χ3v) is 4.73. The lowest BCUT2D eigenvalue weighted by atomic mass is 10.1. The van der Waals surface area contributed by atoms with Crippen LogP contribution in [0.25, 0.3) is 0 Å². The number of carbonyl (C=O) groups is 2. The van der Waals surface area contributed by atoms with Crippen molar-refractivity contribution >= 4 is 23.2 Å². The average Bonchev–Trinajstić information content (AvgIpc) is 3.04. The highest BCUT2D eigenvalue weighted by molar-refractivity contribution is 5.98. The number of carbonyl (C=O) groups excluding carboxylic acids is 2. The highest BCUT2D eigenvalue weighted by atomic mass is 16.6. The average molecular weight is 383 g/mol. The van der Waals surface area contributed by atoms with E-state index in [-0.39, 0.29) is 29.6 Å². The number of aryl methyl sites for hydroxylation is 1. The number of anilines is 1. The van der Waals surface area contributed by atoms with E-state index >= 15 is 0 Å². The Balaban J connectivity index is 1.68. The fraction of sp³-hybridized carbons (Fsp3) is 0.300. The number of nitrogens with zero attached hydrogens (tertiary/aromatic N) is 2. The molecule has 146 valence electrons. The van der Waals surface area contributed by atoms with Crippen LogP contribution >= 0.6 is 0 Å². The second kappa shape index (κ2) is 8.08. The molecule has 1 aliphatic heterocycles. The van der Waals surface area contributed by atoms with Crippen molar-refractivity contribution < 1.29 is 19.2 Å². The molecule has 1 fully saturated rings. The Morgan fingerprint density at radius 1 is 1.29 bits per heavy atom. The Morgan fingerprint density at radius 2 is 2.00 bits per heavy atom. The number of nitrogens with one attached hydrogen (secondary N) is 1. The summed E-state index contributed by atoms with van der Waals surface area (Å²) in [5.41, 5.74) is 2.20. The Bertz CT molecular complexity index is 911. The highest BCUT2D eigenvalue weighted by Gasteiger charge is 2.34. The third kappa shape index (κ3) is 4.28. The molecule has 1 unspecified atom stereocenters. The molecular formula is C20H21N3O5. The zero-order chi connectivity index (χ0) is 20.3. The molecule has 1 atom stereocenters. The molecule has 0 radical (unpaired) electrons. The van der Waals surface area contributed by atoms with Crippen LogP contribution in [0.5, 0.6) is 5.75 Å². The van der Waals surface area contributed by atoms with Crippen molar-refractivity contribution in [3.63, 3.8) is 0 Å². The molecule has 8 nitrogen and oxygen atoms in total. The van der Waals surface area contributed by atoms with Crippen LogP contribution in [-0.4, -0.2) is 35.3 Å². The molecule has 0 bridgehead atoms. The Labute approximate surface area is 162 Å². The van der Waals surface area contributed by atoms with Gasteiger partial charge in [-0.25, -0.2) is 0 Å². The molecule has 3 rings (SSSR count). The van der Waals surface area contributed by atoms with E-state index in [0.717, 1.165) is 11.1 Å². The molecule has 1 N–H and O–H groups in total. The number of amides is 2. The summed E-state index contributed by atoms with van der Waals surface area (Å²) in [6.07, 6.45) is 0.106. The van der Waals surface area contributed by atoms with Crippen LogP contribution in [0.3, 0.4) is 0 Å². The summed E-state index contributed by atoms with van der Waals surface area (Å²) in [6.45, 7) is 2.74. The quantitative estimate of drug-likeness (QED) is 0.610. The van der Waals surface area contributed by atoms with Gasteiger partial charge in [-0.15, -0.1) is 0 Å². The van der Waals surface area contributed by atoms with Gasteiger partial charge in [-0.3, -0.25) is 19.7 Å². The van der Waals surface area contributed by atoms with E-state index < -0.39 is 10.8 Å². The highest BCUT2D eigenvalue weighted by Crippen LogP contribution is 2.30. The number of nitro groups is 1. The van der Waals surface area contributed by atoms with Gasteiger partial charge in [0, 0.05) is 31.6 Å². The van der Waals surface area contributed by atoms with Gasteiger partial charge in [0.15, 0.2) is 0 Å². The molecule has 0 aliphatic carbocycles. The molecule has 1 saturated heterocycles. The van der Waals surface area contributed by atoms with Crippen LogP contribution < -0.4 is 10.1 Å². The Kier molecular flexibility index (Phi) is 5.58. The molecule has 1 aliphatic rings. The largest absolute Gasteiger partial charge is 0.495 e. The Hall–Kier alpha value is -3.42. The maximum Gasteiger partial charge on any atom is 0.271 e. The van der Waals surface area contributed by atoms with Gasteiger partial charge in [-0.2, -0.15) is 0 Å². The predicted molar refractivity (Wildman–Crippen MR) is 103 cm³/mol. The van der Waals surface area contributed by atoms with Crippen molar-refractivity contribution in [2.45, 2.75) is 19.9 Å². The van der Waals surface area contributed by atoms with Crippen molar-refractivity contribution in [2.75, 3.05) is 19.0 Å². The number of hydrogen-bond acceptors (Lipinski definition) is 5. The molecule has 0 spiro atoms. The maximum atomic E-state index is 12.6. The smallest absolute Gasteiger partial charge is 0.271 e. The van der Waals surface area contributed by atoms with Crippen molar-refractivity contribution in [1.82, 2.24) is 4.90 Å². The van der Waals surface area contributed by atoms with Crippen molar-refractivity contribution in [2.24, 2.45) is 5.92 Å². The van der Waals surface area contributed by atoms with Crippen LogP contribution in [0.4, 0.5) is 11.4 Å². The first kappa shape index (κ1) is 19.3. The molecule has 1 heterocycles. The van der Waals surface area contributed by atoms with Gasteiger partial charge < -0.3 is 15.0 Å². The number of non-ortho nitro benzene ring substituents is 1. The van der Waals surface area contributed by atoms with E-state index in [1.54, 1.807) is 4.90 Å². The van der Waals surface area contributed by atoms with E-state index in [1.165, 1.54) is 25.3 Å². The van der Waals surface area contributed by atoms with E-state index in [4.69, 9.17) is 4.74 Å². The summed E-state index contributed by atoms with van der Waals surface area (Å²) in [4.78, 5) is 37.0. The lowest BCUT2D eigenvalue weighted by Gasteiger charge is -2.17. The molecule has 2 aromatic rings. The molecular weight excluding hydrogens is 362 g/mol. The fourth-order valence-corrected chi connectivity index (χ4v) is 3.16. The van der Waals surface area contributed by atoms with Gasteiger partial charge in [0.1, 0.15) is 5.75 Å². The first-order valence-corrected chi connectivity index (χ1v) is 8.84. The number of rotatable bonds is 6. The number of methoxy groups -OCH3 is 1. The van der Waals surface area contributed by atoms with Crippen LogP contribution in [0.1, 0.15) is 17.5 Å². The third-order valence-electron chi connectivity index (χ3n) is 4.73. The zero-order valence-corrected chi connectivity index (χ0v) is 15.7. The lowest BCUT2D eigenvalue weighted by Crippen LogP contribution is -2.28. The van der Waals surface area contributed by atoms with Crippen LogP contribution in [0.2, 0.25) is 0 Å². The summed E-state index contributed by atoms with van der Waals surface area (Å²) in [7, 11) is 1.42. The minimum Gasteiger partial charge on any atom is -0.495 e. The number of hydrogen-bond donors (Lipinski definition) is 1. The van der Waals surface area contributed by atoms with E-state index in [2.05, 4.69) is 5.32 Å². The summed E-state index contributed by atoms with van der Waals surface area (Å²) in [5, 5.41) is 13.6. The van der Waals surface area contributed by atoms with Gasteiger partial charge in [0.2, 0.25) is 11.8 Å². The maximum absolute atomic E-state index is 12.6. The normalized spacial score (nSPS) is 16.1. The van der Waals surface area contributed by atoms with E-state index in [9.17, 15) is 19.7 Å². The van der Waals surface area contributed by atoms with Gasteiger partial charge in [-0.1, -0.05) is 29.8 Å². The van der Waals surface area contributed by atoms with Gasteiger partial charge in [0.05, 0.1) is 23.6 Å². The summed E-state index contributed by atoms with van der Waals surface area (Å²) >= 11 is 0. The topological polar surface area (TPSA) is 102 Å². The first-order chi connectivity index (χ1) is 13.4. The van der Waals surface area contributed by atoms with Crippen LogP contribution in [0, 0.1) is 23.0 Å². The molecule has 0 saturated carbocycles. The Morgan fingerprint density at radius 3 is 2.64 bits per heavy atom. The number of likely N-dealkylation sites (tertiary alicyclic amines) is 1. The van der Waals surface area contributed by atoms with Gasteiger partial charge in [-0.05, 0) is 18.6 Å². The molecule has 28 heavy (non-hydrogen) atoms. The molecule has 2 aromatic carbocycles. The van der Waals surface area contributed by atoms with Crippen molar-refractivity contribution in [3.8, 4) is 5.75 Å². The minimum atomic E-state index is -0.544. The summed E-state index contributed by atoms with van der Waals surface area (Å²) < 4.78 is 5.16. The second-order valence-electron chi connectivity index (χ2n) is 6.79. The predicted octanol–water partition coefficient (Wildman–Crippen LogP) is 2.90. The summed E-state index contributed by atoms with van der Waals surface area (Å²) in [6, 6.07) is 11.9. The summed E-state index contributed by atoms with van der Waals surface area (Å²) in [5.74, 6) is -0.660. The zero-order valence-electron chi connectivity index (χ0n) is 15.7. The number of benzene rings is 2. The standard InChI is InChI=1S/C20H21N3O5/c1-13-3-5-14(6-4-13)11-22-12-15(9-19(22)24)20(25)21-17-10-16(23(26)27)7-8-18(17)28-2/h3-8,10,15H,9,11-12H2,1-2H3,(H,21,25). The second-order valence-corrected chi connectivity index (χ2v) is 6.79. The van der Waals surface area contributed by atoms with E-state index in [0.29, 0.717) is 18.8 Å². The van der Waals surface area contributed by atoms with Crippen molar-refractivity contribution in [1.29, 1.82) is 0 Å². The van der Waals surface area contributed by atoms with E-state index in [1.807, 2.05) is 31.2 Å². The molecule has 8 heteroatoms. The van der Waals surface area contributed by atoms with Gasteiger partial charge >= 0.3 is 0 Å². The SMILES string of the molecule is COc1ccc([N+](=O)[O-])cc1NC(=O)C1CC(=O)N(Cc2ccc(C)cc2)C1. The number of nitro benzene ring substituents is 1. The van der Waals surface area contributed by atoms with Crippen molar-refractivity contribution in [3.05, 3.63) is 63.7 Å². The molecule has 2 amide bonds. The minimum absolute atomic E-state index is 0.0910. The van der Waals surface area contributed by atoms with Crippen LogP contribution in [0.15, 0.2) is 42.5 Å². The fourth-order valence-electron chi connectivity index (χ4n) is 3.16. The first-order valence-electron chi connectivity index (χ1n) is 8.84. The van der Waals surface area contributed by atoms with Gasteiger partial charge in [0.25, 0.3) is 5.69 Å². The lowest BCUT2D eigenvalue weighted by molar-refractivity contribution is -0.384. The van der Waals surface area contributed by atoms with Crippen LogP contribution in [-0.2, 0) is 16.1 Å².